The first-order valence-electron chi connectivity index (χ1n) is 8.66. The lowest BCUT2D eigenvalue weighted by molar-refractivity contribution is 0.0966. The lowest BCUT2D eigenvalue weighted by Gasteiger charge is -2.33. The number of nitrogens with one attached hydrogen (secondary N) is 1. The normalized spacial score (nSPS) is 17.8. The highest BCUT2D eigenvalue weighted by Crippen LogP contribution is 2.36. The van der Waals surface area contributed by atoms with Gasteiger partial charge in [-0.25, -0.2) is 4.98 Å². The van der Waals surface area contributed by atoms with Crippen molar-refractivity contribution >= 4 is 33.1 Å². The molecule has 1 amide bonds. The summed E-state index contributed by atoms with van der Waals surface area (Å²) in [5.74, 6) is 0.517. The Balaban J connectivity index is 1.37. The molecule has 0 aliphatic carbocycles. The van der Waals surface area contributed by atoms with Gasteiger partial charge in [0.15, 0.2) is 0 Å². The third-order valence-corrected chi connectivity index (χ3v) is 6.35. The first kappa shape index (κ1) is 14.8. The van der Waals surface area contributed by atoms with Crippen molar-refractivity contribution in [2.24, 2.45) is 0 Å². The van der Waals surface area contributed by atoms with Gasteiger partial charge in [-0.05, 0) is 31.0 Å². The van der Waals surface area contributed by atoms with Crippen molar-refractivity contribution in [2.45, 2.75) is 25.3 Å². The lowest BCUT2D eigenvalue weighted by Crippen LogP contribution is -2.34. The average molecular weight is 350 g/mol. The summed E-state index contributed by atoms with van der Waals surface area (Å²) >= 11 is 1.82. The number of aromatic nitrogens is 2. The van der Waals surface area contributed by atoms with E-state index in [-0.39, 0.29) is 5.91 Å². The second-order valence-electron chi connectivity index (χ2n) is 6.62. The molecule has 0 spiro atoms. The molecule has 1 fully saturated rings. The van der Waals surface area contributed by atoms with Crippen LogP contribution in [0.25, 0.3) is 10.2 Å². The maximum absolute atomic E-state index is 12.1. The zero-order valence-electron chi connectivity index (χ0n) is 13.7. The van der Waals surface area contributed by atoms with Crippen molar-refractivity contribution in [2.75, 3.05) is 18.0 Å². The number of thiazole rings is 1. The Morgan fingerprint density at radius 2 is 2.00 bits per heavy atom. The summed E-state index contributed by atoms with van der Waals surface area (Å²) in [6, 6.07) is 10.3. The van der Waals surface area contributed by atoms with E-state index in [4.69, 9.17) is 4.98 Å². The molecule has 0 bridgehead atoms. The van der Waals surface area contributed by atoms with Crippen molar-refractivity contribution in [3.05, 3.63) is 52.8 Å². The van der Waals surface area contributed by atoms with E-state index in [9.17, 15) is 4.79 Å². The molecule has 6 heteroatoms. The number of piperidine rings is 1. The Kier molecular flexibility index (Phi) is 3.45. The van der Waals surface area contributed by atoms with Gasteiger partial charge in [0.25, 0.3) is 5.91 Å². The molecule has 2 aliphatic rings. The van der Waals surface area contributed by atoms with Gasteiger partial charge in [0, 0.05) is 25.2 Å². The first-order chi connectivity index (χ1) is 12.3. The van der Waals surface area contributed by atoms with Crippen LogP contribution in [0.1, 0.15) is 39.8 Å². The van der Waals surface area contributed by atoms with Crippen LogP contribution in [0.5, 0.6) is 0 Å². The molecular formula is C19H18N4OS. The summed E-state index contributed by atoms with van der Waals surface area (Å²) in [6.45, 7) is 2.44. The number of pyridine rings is 1. The molecule has 3 aromatic rings. The van der Waals surface area contributed by atoms with Gasteiger partial charge >= 0.3 is 0 Å². The van der Waals surface area contributed by atoms with Crippen LogP contribution in [0, 0.1) is 0 Å². The topological polar surface area (TPSA) is 58.1 Å². The number of carbonyl (C=O) groups excluding carboxylic acids is 1. The second kappa shape index (κ2) is 5.81. The number of benzene rings is 1. The third-order valence-electron chi connectivity index (χ3n) is 5.15. The summed E-state index contributed by atoms with van der Waals surface area (Å²) in [5, 5.41) is 4.13. The highest BCUT2D eigenvalue weighted by Gasteiger charge is 2.29. The minimum Gasteiger partial charge on any atom is -0.371 e. The number of rotatable bonds is 2. The van der Waals surface area contributed by atoms with E-state index in [1.165, 1.54) is 9.71 Å². The number of para-hydroxylation sites is 1. The smallest absolute Gasteiger partial charge is 0.255 e. The van der Waals surface area contributed by atoms with Crippen LogP contribution in [0.15, 0.2) is 36.5 Å². The molecule has 2 aromatic heterocycles. The van der Waals surface area contributed by atoms with Gasteiger partial charge in [-0.2, -0.15) is 0 Å². The molecule has 1 N–H and O–H groups in total. The molecule has 0 unspecified atom stereocenters. The van der Waals surface area contributed by atoms with Crippen LogP contribution >= 0.6 is 11.3 Å². The maximum Gasteiger partial charge on any atom is 0.255 e. The van der Waals surface area contributed by atoms with Gasteiger partial charge in [-0.3, -0.25) is 9.78 Å². The van der Waals surface area contributed by atoms with E-state index in [0.717, 1.165) is 48.4 Å². The fraction of sp³-hybridized carbons (Fsp3) is 0.316. The van der Waals surface area contributed by atoms with Crippen molar-refractivity contribution in [3.63, 3.8) is 0 Å². The van der Waals surface area contributed by atoms with E-state index in [0.29, 0.717) is 12.5 Å². The van der Waals surface area contributed by atoms with E-state index in [1.807, 2.05) is 29.7 Å². The first-order valence-corrected chi connectivity index (χ1v) is 9.48. The number of carbonyl (C=O) groups is 1. The predicted molar refractivity (Wildman–Crippen MR) is 99.2 cm³/mol. The fourth-order valence-corrected chi connectivity index (χ4v) is 4.96. The zero-order chi connectivity index (χ0) is 16.8. The van der Waals surface area contributed by atoms with Crippen molar-refractivity contribution in [1.82, 2.24) is 15.3 Å². The molecule has 1 aromatic carbocycles. The molecule has 2 aliphatic heterocycles. The number of hydrogen-bond acceptors (Lipinski definition) is 5. The summed E-state index contributed by atoms with van der Waals surface area (Å²) < 4.78 is 1.27. The number of fused-ring (bicyclic) bond motifs is 2. The molecule has 25 heavy (non-hydrogen) atoms. The average Bonchev–Trinajstić information content (AvgIpc) is 3.26. The molecule has 0 saturated carbocycles. The fourth-order valence-electron chi connectivity index (χ4n) is 3.82. The van der Waals surface area contributed by atoms with E-state index in [2.05, 4.69) is 33.4 Å². The van der Waals surface area contributed by atoms with Crippen LogP contribution in [-0.2, 0) is 6.54 Å². The molecule has 0 atom stereocenters. The van der Waals surface area contributed by atoms with E-state index < -0.39 is 0 Å². The number of amides is 1. The second-order valence-corrected chi connectivity index (χ2v) is 7.68. The standard InChI is InChI=1S/C19H18N4OS/c24-18-17-14(11-21-18)20-8-5-15(17)23-9-6-12(7-10-23)19-22-13-3-1-2-4-16(13)25-19/h1-5,8,12H,6-7,9-11H2,(H,21,24). The third kappa shape index (κ3) is 2.48. The van der Waals surface area contributed by atoms with Gasteiger partial charge in [-0.1, -0.05) is 12.1 Å². The monoisotopic (exact) mass is 350 g/mol. The summed E-state index contributed by atoms with van der Waals surface area (Å²) in [4.78, 5) is 23.6. The Morgan fingerprint density at radius 3 is 2.84 bits per heavy atom. The minimum absolute atomic E-state index is 0.00592. The number of nitrogens with zero attached hydrogens (tertiary/aromatic N) is 3. The van der Waals surface area contributed by atoms with Crippen molar-refractivity contribution < 1.29 is 4.79 Å². The molecule has 126 valence electrons. The van der Waals surface area contributed by atoms with Crippen molar-refractivity contribution in [3.8, 4) is 0 Å². The molecule has 1 saturated heterocycles. The Hall–Kier alpha value is -2.47. The summed E-state index contributed by atoms with van der Waals surface area (Å²) in [5.41, 5.74) is 3.77. The molecular weight excluding hydrogens is 332 g/mol. The van der Waals surface area contributed by atoms with Crippen molar-refractivity contribution in [1.29, 1.82) is 0 Å². The largest absolute Gasteiger partial charge is 0.371 e. The Morgan fingerprint density at radius 1 is 1.16 bits per heavy atom. The minimum atomic E-state index is 0.00592. The number of anilines is 1. The van der Waals surface area contributed by atoms with Gasteiger partial charge in [0.1, 0.15) is 0 Å². The molecule has 5 rings (SSSR count). The van der Waals surface area contributed by atoms with Gasteiger partial charge < -0.3 is 10.2 Å². The highest BCUT2D eigenvalue weighted by molar-refractivity contribution is 7.18. The highest BCUT2D eigenvalue weighted by atomic mass is 32.1. The zero-order valence-corrected chi connectivity index (χ0v) is 14.6. The maximum atomic E-state index is 12.1. The lowest BCUT2D eigenvalue weighted by atomic mass is 9.96. The van der Waals surface area contributed by atoms with Gasteiger partial charge in [-0.15, -0.1) is 11.3 Å². The SMILES string of the molecule is O=C1NCc2nccc(N3CCC(c4nc5ccccc5s4)CC3)c21. The Labute approximate surface area is 149 Å². The van der Waals surface area contributed by atoms with Gasteiger partial charge in [0.2, 0.25) is 0 Å². The van der Waals surface area contributed by atoms with E-state index in [1.54, 1.807) is 0 Å². The molecule has 4 heterocycles. The van der Waals surface area contributed by atoms with Crippen LogP contribution in [0.4, 0.5) is 5.69 Å². The van der Waals surface area contributed by atoms with Crippen LogP contribution in [0.2, 0.25) is 0 Å². The quantitative estimate of drug-likeness (QED) is 0.770. The predicted octanol–water partition coefficient (Wildman–Crippen LogP) is 3.32. The van der Waals surface area contributed by atoms with Crippen LogP contribution in [-0.4, -0.2) is 29.0 Å². The summed E-state index contributed by atoms with van der Waals surface area (Å²) in [6.07, 6.45) is 3.95. The molecule has 5 nitrogen and oxygen atoms in total. The van der Waals surface area contributed by atoms with E-state index >= 15 is 0 Å². The van der Waals surface area contributed by atoms with Crippen LogP contribution < -0.4 is 10.2 Å². The molecule has 0 radical (unpaired) electrons. The summed E-state index contributed by atoms with van der Waals surface area (Å²) in [7, 11) is 0. The van der Waals surface area contributed by atoms with Crippen LogP contribution in [0.3, 0.4) is 0 Å². The number of hydrogen-bond donors (Lipinski definition) is 1. The van der Waals surface area contributed by atoms with Gasteiger partial charge in [0.05, 0.1) is 38.7 Å². The Bertz CT molecular complexity index is 926.